The Balaban J connectivity index is 1.14. The molecule has 0 aromatic heterocycles. The predicted octanol–water partition coefficient (Wildman–Crippen LogP) is 15.5. The van der Waals surface area contributed by atoms with E-state index in [-0.39, 0.29) is 0 Å². The summed E-state index contributed by atoms with van der Waals surface area (Å²) in [5.74, 6) is 2.41. The molecule has 0 unspecified atom stereocenters. The summed E-state index contributed by atoms with van der Waals surface area (Å²) in [7, 11) is 5.11. The highest BCUT2D eigenvalue weighted by Crippen LogP contribution is 2.43. The summed E-state index contributed by atoms with van der Waals surface area (Å²) in [6, 6.07) is 71.7. The SMILES string of the molecule is COc1cccc(N(C2=CCCC=C2)c2ccc(N(c3ccc(N(c4ccccc4)c4cccc(OC)c4)cc3)c3ccc(N(c4ccccc4)c4cccc(OC)c4)cc3)cc2)c1. The quantitative estimate of drug-likeness (QED) is 0.102. The van der Waals surface area contributed by atoms with Crippen LogP contribution < -0.4 is 33.8 Å². The van der Waals surface area contributed by atoms with Gasteiger partial charge in [-0.1, -0.05) is 66.7 Å². The maximum absolute atomic E-state index is 5.66. The summed E-state index contributed by atoms with van der Waals surface area (Å²) in [6.45, 7) is 0. The lowest BCUT2D eigenvalue weighted by atomic mass is 10.1. The fourth-order valence-electron chi connectivity index (χ4n) is 8.21. The van der Waals surface area contributed by atoms with Crippen molar-refractivity contribution in [2.45, 2.75) is 12.8 Å². The molecule has 1 aliphatic carbocycles. The number of rotatable bonds is 15. The Bertz CT molecular complexity index is 2710. The minimum atomic E-state index is 0.797. The molecular weight excluding hydrogens is 789 g/mol. The first-order valence-electron chi connectivity index (χ1n) is 21.5. The van der Waals surface area contributed by atoms with Gasteiger partial charge in [-0.15, -0.1) is 0 Å². The van der Waals surface area contributed by atoms with Crippen LogP contribution in [0.4, 0.5) is 62.6 Å². The number of hydrogen-bond acceptors (Lipinski definition) is 7. The number of benzene rings is 8. The predicted molar refractivity (Wildman–Crippen MR) is 265 cm³/mol. The highest BCUT2D eigenvalue weighted by Gasteiger charge is 2.20. The fourth-order valence-corrected chi connectivity index (χ4v) is 8.21. The molecule has 1 aliphatic rings. The Morgan fingerprint density at radius 1 is 0.297 bits per heavy atom. The van der Waals surface area contributed by atoms with Gasteiger partial charge in [-0.25, -0.2) is 0 Å². The topological polar surface area (TPSA) is 40.7 Å². The Kier molecular flexibility index (Phi) is 12.4. The molecule has 8 aromatic rings. The molecule has 0 radical (unpaired) electrons. The third-order valence-corrected chi connectivity index (χ3v) is 11.3. The monoisotopic (exact) mass is 838 g/mol. The fraction of sp³-hybridized carbons (Fsp3) is 0.0877. The second-order valence-electron chi connectivity index (χ2n) is 15.3. The molecule has 0 spiro atoms. The van der Waals surface area contributed by atoms with Crippen molar-refractivity contribution in [3.63, 3.8) is 0 Å². The van der Waals surface area contributed by atoms with E-state index in [9.17, 15) is 0 Å². The van der Waals surface area contributed by atoms with Crippen molar-refractivity contribution < 1.29 is 14.2 Å². The molecule has 316 valence electrons. The lowest BCUT2D eigenvalue weighted by molar-refractivity contribution is 0.415. The average Bonchev–Trinajstić information content (AvgIpc) is 3.37. The molecule has 0 amide bonds. The highest BCUT2D eigenvalue weighted by atomic mass is 16.5. The molecule has 0 fully saturated rings. The van der Waals surface area contributed by atoms with E-state index in [1.54, 1.807) is 21.3 Å². The van der Waals surface area contributed by atoms with Crippen LogP contribution in [0.25, 0.3) is 0 Å². The van der Waals surface area contributed by atoms with Crippen molar-refractivity contribution in [3.8, 4) is 17.2 Å². The molecule has 0 saturated heterocycles. The van der Waals surface area contributed by atoms with Crippen molar-refractivity contribution in [2.24, 2.45) is 0 Å². The van der Waals surface area contributed by atoms with E-state index < -0.39 is 0 Å². The highest BCUT2D eigenvalue weighted by molar-refractivity contribution is 5.84. The van der Waals surface area contributed by atoms with Gasteiger partial charge in [0.25, 0.3) is 0 Å². The smallest absolute Gasteiger partial charge is 0.120 e. The summed E-state index contributed by atoms with van der Waals surface area (Å²) in [5.41, 5.74) is 12.4. The van der Waals surface area contributed by atoms with Crippen molar-refractivity contribution in [3.05, 3.63) is 230 Å². The molecule has 0 bridgehead atoms. The number of hydrogen-bond donors (Lipinski definition) is 0. The first kappa shape index (κ1) is 41.2. The zero-order valence-corrected chi connectivity index (χ0v) is 36.3. The molecule has 8 aromatic carbocycles. The minimum absolute atomic E-state index is 0.797. The molecule has 9 rings (SSSR count). The Hall–Kier alpha value is -8.16. The molecule has 0 N–H and O–H groups in total. The molecule has 0 atom stereocenters. The van der Waals surface area contributed by atoms with Crippen LogP contribution in [0.15, 0.2) is 230 Å². The van der Waals surface area contributed by atoms with Crippen molar-refractivity contribution >= 4 is 62.6 Å². The summed E-state index contributed by atoms with van der Waals surface area (Å²) in [6.07, 6.45) is 8.78. The molecule has 7 heteroatoms. The molecular formula is C57H50N4O3. The number of ether oxygens (including phenoxy) is 3. The van der Waals surface area contributed by atoms with Gasteiger partial charge < -0.3 is 33.8 Å². The first-order valence-corrected chi connectivity index (χ1v) is 21.5. The van der Waals surface area contributed by atoms with E-state index in [0.717, 1.165) is 98.3 Å². The molecule has 0 saturated carbocycles. The van der Waals surface area contributed by atoms with Crippen LogP contribution in [0.5, 0.6) is 17.2 Å². The second kappa shape index (κ2) is 19.3. The molecule has 64 heavy (non-hydrogen) atoms. The largest absolute Gasteiger partial charge is 0.497 e. The Morgan fingerprint density at radius 3 is 0.922 bits per heavy atom. The van der Waals surface area contributed by atoms with Gasteiger partial charge in [0.05, 0.1) is 21.3 Å². The van der Waals surface area contributed by atoms with Gasteiger partial charge in [-0.05, 0) is 152 Å². The van der Waals surface area contributed by atoms with E-state index in [0.29, 0.717) is 0 Å². The Morgan fingerprint density at radius 2 is 0.594 bits per heavy atom. The second-order valence-corrected chi connectivity index (χ2v) is 15.3. The third-order valence-electron chi connectivity index (χ3n) is 11.3. The van der Waals surface area contributed by atoms with Crippen LogP contribution in [0.1, 0.15) is 12.8 Å². The standard InChI is InChI=1S/C57H50N4O3/c1-62-55-25-13-22-52(40-55)59(43-16-7-4-8-17-43)49-34-28-46(29-35-49)58(47-30-36-50(37-31-47)60(44-18-9-5-10-19-44)53-23-14-26-56(41-53)63-2)48-32-38-51(39-33-48)61(45-20-11-6-12-21-45)54-24-15-27-57(42-54)64-3/h4-5,7-11,13-42H,6,12H2,1-3H3. The number of nitrogens with zero attached hydrogens (tertiary/aromatic N) is 4. The van der Waals surface area contributed by atoms with Gasteiger partial charge in [0.2, 0.25) is 0 Å². The van der Waals surface area contributed by atoms with Crippen molar-refractivity contribution in [1.29, 1.82) is 0 Å². The number of anilines is 11. The zero-order chi connectivity index (χ0) is 43.7. The van der Waals surface area contributed by atoms with Crippen molar-refractivity contribution in [1.82, 2.24) is 0 Å². The molecule has 0 heterocycles. The van der Waals surface area contributed by atoms with E-state index in [1.165, 1.54) is 0 Å². The van der Waals surface area contributed by atoms with E-state index in [2.05, 4.69) is 196 Å². The number of para-hydroxylation sites is 2. The van der Waals surface area contributed by atoms with Crippen LogP contribution >= 0.6 is 0 Å². The maximum atomic E-state index is 5.66. The zero-order valence-electron chi connectivity index (χ0n) is 36.3. The third kappa shape index (κ3) is 8.92. The lowest BCUT2D eigenvalue weighted by Gasteiger charge is -2.31. The van der Waals surface area contributed by atoms with Crippen LogP contribution in [-0.2, 0) is 0 Å². The lowest BCUT2D eigenvalue weighted by Crippen LogP contribution is -2.17. The summed E-state index contributed by atoms with van der Waals surface area (Å²) < 4.78 is 16.9. The van der Waals surface area contributed by atoms with Crippen molar-refractivity contribution in [2.75, 3.05) is 40.9 Å². The van der Waals surface area contributed by atoms with Crippen LogP contribution in [0, 0.1) is 0 Å². The van der Waals surface area contributed by atoms with Gasteiger partial charge >= 0.3 is 0 Å². The van der Waals surface area contributed by atoms with Gasteiger partial charge in [-0.3, -0.25) is 0 Å². The number of allylic oxidation sites excluding steroid dienone is 3. The number of methoxy groups -OCH3 is 3. The minimum Gasteiger partial charge on any atom is -0.497 e. The first-order chi connectivity index (χ1) is 31.6. The normalized spacial score (nSPS) is 11.9. The van der Waals surface area contributed by atoms with Gasteiger partial charge in [0, 0.05) is 86.5 Å². The van der Waals surface area contributed by atoms with E-state index in [1.807, 2.05) is 48.5 Å². The van der Waals surface area contributed by atoms with Crippen LogP contribution in [0.2, 0.25) is 0 Å². The molecule has 0 aliphatic heterocycles. The van der Waals surface area contributed by atoms with Crippen LogP contribution in [-0.4, -0.2) is 21.3 Å². The van der Waals surface area contributed by atoms with E-state index in [4.69, 9.17) is 14.2 Å². The molecule has 7 nitrogen and oxygen atoms in total. The summed E-state index contributed by atoms with van der Waals surface area (Å²) in [5, 5.41) is 0. The summed E-state index contributed by atoms with van der Waals surface area (Å²) >= 11 is 0. The van der Waals surface area contributed by atoms with E-state index >= 15 is 0 Å². The van der Waals surface area contributed by atoms with Gasteiger partial charge in [0.1, 0.15) is 17.2 Å². The van der Waals surface area contributed by atoms with Crippen LogP contribution in [0.3, 0.4) is 0 Å². The average molecular weight is 839 g/mol. The maximum Gasteiger partial charge on any atom is 0.120 e. The Labute approximate surface area is 376 Å². The summed E-state index contributed by atoms with van der Waals surface area (Å²) in [4.78, 5) is 9.10. The van der Waals surface area contributed by atoms with Gasteiger partial charge in [-0.2, -0.15) is 0 Å². The van der Waals surface area contributed by atoms with Gasteiger partial charge in [0.15, 0.2) is 0 Å².